The molecule has 28 heavy (non-hydrogen) atoms. The molecule has 0 saturated heterocycles. The van der Waals surface area contributed by atoms with E-state index >= 15 is 0 Å². The van der Waals surface area contributed by atoms with Gasteiger partial charge in [0.05, 0.1) is 18.7 Å². The fourth-order valence-electron chi connectivity index (χ4n) is 2.68. The lowest BCUT2D eigenvalue weighted by Gasteiger charge is -2.08. The minimum absolute atomic E-state index is 0.135. The zero-order chi connectivity index (χ0) is 19.9. The molecule has 0 unspecified atom stereocenters. The normalized spacial score (nSPS) is 10.4. The first-order valence-electron chi connectivity index (χ1n) is 8.84. The highest BCUT2D eigenvalue weighted by molar-refractivity contribution is 6.03. The van der Waals surface area contributed by atoms with E-state index in [9.17, 15) is 14.0 Å². The molecule has 1 aromatic heterocycles. The number of carbonyl (C=O) groups is 2. The van der Waals surface area contributed by atoms with Crippen LogP contribution in [0.2, 0.25) is 0 Å². The van der Waals surface area contributed by atoms with Crippen LogP contribution >= 0.6 is 0 Å². The lowest BCUT2D eigenvalue weighted by molar-refractivity contribution is -0.142. The molecular weight excluding hydrogens is 359 g/mol. The molecule has 1 heterocycles. The van der Waals surface area contributed by atoms with Gasteiger partial charge in [-0.1, -0.05) is 18.2 Å². The molecular formula is C22H19FN2O3. The number of anilines is 1. The van der Waals surface area contributed by atoms with E-state index in [0.717, 1.165) is 5.56 Å². The first-order valence-corrected chi connectivity index (χ1v) is 8.84. The van der Waals surface area contributed by atoms with Gasteiger partial charge < -0.3 is 10.1 Å². The number of hydrogen-bond acceptors (Lipinski definition) is 4. The standard InChI is InChI=1S/C22H19FN2O3/c1-2-28-21(26)14-15-5-3-6-18(13-15)24-22(27)20-8-4-7-19(25-20)16-9-11-17(23)12-10-16/h3-13H,2,14H2,1H3,(H,24,27). The highest BCUT2D eigenvalue weighted by Crippen LogP contribution is 2.18. The van der Waals surface area contributed by atoms with Gasteiger partial charge in [0, 0.05) is 11.3 Å². The Kier molecular flexibility index (Phi) is 6.11. The summed E-state index contributed by atoms with van der Waals surface area (Å²) in [6.45, 7) is 2.08. The summed E-state index contributed by atoms with van der Waals surface area (Å²) in [6, 6.07) is 18.0. The van der Waals surface area contributed by atoms with Crippen LogP contribution in [0.4, 0.5) is 10.1 Å². The smallest absolute Gasteiger partial charge is 0.310 e. The molecule has 0 aliphatic carbocycles. The third kappa shape index (κ3) is 5.01. The Bertz CT molecular complexity index is 987. The maximum absolute atomic E-state index is 13.1. The van der Waals surface area contributed by atoms with Gasteiger partial charge in [0.1, 0.15) is 11.5 Å². The molecule has 3 rings (SSSR count). The molecule has 0 atom stereocenters. The van der Waals surface area contributed by atoms with E-state index in [-0.39, 0.29) is 29.8 Å². The van der Waals surface area contributed by atoms with Crippen molar-refractivity contribution in [2.45, 2.75) is 13.3 Å². The number of nitrogens with zero attached hydrogens (tertiary/aromatic N) is 1. The van der Waals surface area contributed by atoms with E-state index in [2.05, 4.69) is 10.3 Å². The Morgan fingerprint density at radius 3 is 2.54 bits per heavy atom. The van der Waals surface area contributed by atoms with E-state index in [1.54, 1.807) is 61.5 Å². The number of pyridine rings is 1. The molecule has 6 heteroatoms. The summed E-state index contributed by atoms with van der Waals surface area (Å²) in [5.74, 6) is -1.03. The second-order valence-corrected chi connectivity index (χ2v) is 6.05. The van der Waals surface area contributed by atoms with Crippen LogP contribution in [0.5, 0.6) is 0 Å². The molecule has 0 aliphatic rings. The van der Waals surface area contributed by atoms with Gasteiger partial charge in [-0.3, -0.25) is 9.59 Å². The van der Waals surface area contributed by atoms with Crippen LogP contribution in [0, 0.1) is 5.82 Å². The van der Waals surface area contributed by atoms with Crippen molar-refractivity contribution < 1.29 is 18.7 Å². The molecule has 0 aliphatic heterocycles. The topological polar surface area (TPSA) is 68.3 Å². The third-order valence-corrected chi connectivity index (χ3v) is 3.96. The minimum atomic E-state index is -0.378. The van der Waals surface area contributed by atoms with E-state index in [4.69, 9.17) is 4.74 Å². The summed E-state index contributed by atoms with van der Waals surface area (Å²) in [5, 5.41) is 2.78. The largest absolute Gasteiger partial charge is 0.466 e. The number of benzene rings is 2. The molecule has 142 valence electrons. The fourth-order valence-corrected chi connectivity index (χ4v) is 2.68. The van der Waals surface area contributed by atoms with Gasteiger partial charge in [0.15, 0.2) is 0 Å². The summed E-state index contributed by atoms with van der Waals surface area (Å²) in [5.41, 5.74) is 2.82. The zero-order valence-corrected chi connectivity index (χ0v) is 15.3. The van der Waals surface area contributed by atoms with E-state index < -0.39 is 0 Å². The summed E-state index contributed by atoms with van der Waals surface area (Å²) >= 11 is 0. The lowest BCUT2D eigenvalue weighted by Crippen LogP contribution is -2.14. The molecule has 5 nitrogen and oxygen atoms in total. The Morgan fingerprint density at radius 1 is 1.04 bits per heavy atom. The van der Waals surface area contributed by atoms with Gasteiger partial charge in [0.2, 0.25) is 0 Å². The van der Waals surface area contributed by atoms with Crippen LogP contribution < -0.4 is 5.32 Å². The number of rotatable bonds is 6. The average molecular weight is 378 g/mol. The predicted molar refractivity (Wildman–Crippen MR) is 104 cm³/mol. The SMILES string of the molecule is CCOC(=O)Cc1cccc(NC(=O)c2cccc(-c3ccc(F)cc3)n2)c1. The Hall–Kier alpha value is -3.54. The third-order valence-electron chi connectivity index (χ3n) is 3.96. The van der Waals surface area contributed by atoms with E-state index in [1.165, 1.54) is 12.1 Å². The molecule has 0 spiro atoms. The summed E-state index contributed by atoms with van der Waals surface area (Å²) < 4.78 is 18.0. The van der Waals surface area contributed by atoms with Crippen LogP contribution in [0.25, 0.3) is 11.3 Å². The molecule has 1 amide bonds. The molecule has 0 radical (unpaired) electrons. The number of halogens is 1. The van der Waals surface area contributed by atoms with Gasteiger partial charge in [-0.05, 0) is 61.0 Å². The van der Waals surface area contributed by atoms with Crippen molar-refractivity contribution in [2.24, 2.45) is 0 Å². The number of esters is 1. The zero-order valence-electron chi connectivity index (χ0n) is 15.3. The highest BCUT2D eigenvalue weighted by Gasteiger charge is 2.11. The lowest BCUT2D eigenvalue weighted by atomic mass is 10.1. The van der Waals surface area contributed by atoms with E-state index in [1.807, 2.05) is 0 Å². The summed E-state index contributed by atoms with van der Waals surface area (Å²) in [4.78, 5) is 28.5. The monoisotopic (exact) mass is 378 g/mol. The Labute approximate surface area is 162 Å². The van der Waals surface area contributed by atoms with Crippen LogP contribution in [0.3, 0.4) is 0 Å². The van der Waals surface area contributed by atoms with Gasteiger partial charge in [-0.25, -0.2) is 9.37 Å². The van der Waals surface area contributed by atoms with Crippen molar-refractivity contribution in [1.29, 1.82) is 0 Å². The second-order valence-electron chi connectivity index (χ2n) is 6.05. The first-order chi connectivity index (χ1) is 13.5. The van der Waals surface area contributed by atoms with Crippen LogP contribution in [-0.2, 0) is 16.0 Å². The fraction of sp³-hybridized carbons (Fsp3) is 0.136. The van der Waals surface area contributed by atoms with Gasteiger partial charge >= 0.3 is 5.97 Å². The molecule has 0 saturated carbocycles. The van der Waals surface area contributed by atoms with Crippen LogP contribution in [0.15, 0.2) is 66.7 Å². The maximum Gasteiger partial charge on any atom is 0.310 e. The first kappa shape index (κ1) is 19.2. The van der Waals surface area contributed by atoms with Crippen molar-refractivity contribution in [2.75, 3.05) is 11.9 Å². The molecule has 1 N–H and O–H groups in total. The number of aromatic nitrogens is 1. The number of amides is 1. The average Bonchev–Trinajstić information content (AvgIpc) is 2.69. The second kappa shape index (κ2) is 8.90. The number of hydrogen-bond donors (Lipinski definition) is 1. The van der Waals surface area contributed by atoms with Gasteiger partial charge in [0.25, 0.3) is 5.91 Å². The quantitative estimate of drug-likeness (QED) is 0.651. The van der Waals surface area contributed by atoms with Crippen LogP contribution in [-0.4, -0.2) is 23.5 Å². The highest BCUT2D eigenvalue weighted by atomic mass is 19.1. The number of ether oxygens (including phenoxy) is 1. The summed E-state index contributed by atoms with van der Waals surface area (Å²) in [6.07, 6.45) is 0.135. The number of carbonyl (C=O) groups excluding carboxylic acids is 2. The van der Waals surface area contributed by atoms with Gasteiger partial charge in [-0.2, -0.15) is 0 Å². The van der Waals surface area contributed by atoms with Crippen molar-refractivity contribution in [3.63, 3.8) is 0 Å². The Balaban J connectivity index is 1.74. The van der Waals surface area contributed by atoms with Crippen molar-refractivity contribution in [3.05, 3.63) is 83.8 Å². The van der Waals surface area contributed by atoms with Gasteiger partial charge in [-0.15, -0.1) is 0 Å². The van der Waals surface area contributed by atoms with Crippen molar-refractivity contribution >= 4 is 17.6 Å². The maximum atomic E-state index is 13.1. The predicted octanol–water partition coefficient (Wildman–Crippen LogP) is 4.25. The van der Waals surface area contributed by atoms with Crippen molar-refractivity contribution in [3.8, 4) is 11.3 Å². The molecule has 0 fully saturated rings. The van der Waals surface area contributed by atoms with Crippen LogP contribution in [0.1, 0.15) is 23.0 Å². The van der Waals surface area contributed by atoms with E-state index in [0.29, 0.717) is 23.6 Å². The molecule has 0 bridgehead atoms. The minimum Gasteiger partial charge on any atom is -0.466 e. The number of nitrogens with one attached hydrogen (secondary N) is 1. The molecule has 3 aromatic rings. The Morgan fingerprint density at radius 2 is 1.79 bits per heavy atom. The summed E-state index contributed by atoms with van der Waals surface area (Å²) in [7, 11) is 0. The molecule has 2 aromatic carbocycles. The van der Waals surface area contributed by atoms with Crippen molar-refractivity contribution in [1.82, 2.24) is 4.98 Å².